The zero-order chi connectivity index (χ0) is 23.8. The van der Waals surface area contributed by atoms with Crippen molar-refractivity contribution in [2.24, 2.45) is 5.92 Å². The van der Waals surface area contributed by atoms with Crippen molar-refractivity contribution >= 4 is 29.1 Å². The van der Waals surface area contributed by atoms with Crippen molar-refractivity contribution in [3.05, 3.63) is 53.7 Å². The Balaban J connectivity index is 1.59. The number of carbonyl (C=O) groups excluding carboxylic acids is 2. The first kappa shape index (κ1) is 22.7. The second-order valence-electron chi connectivity index (χ2n) is 9.21. The van der Waals surface area contributed by atoms with Gasteiger partial charge in [-0.2, -0.15) is 9.61 Å². The molecular formula is C24H30N6O3. The molecule has 4 rings (SSSR count). The Bertz CT molecular complexity index is 1160. The molecule has 3 heterocycles. The molecule has 1 atom stereocenters. The maximum absolute atomic E-state index is 12.9. The molecule has 0 unspecified atom stereocenters. The number of rotatable bonds is 5. The Labute approximate surface area is 193 Å². The maximum Gasteiger partial charge on any atom is 0.256 e. The van der Waals surface area contributed by atoms with Crippen LogP contribution in [0.3, 0.4) is 0 Å². The normalized spacial score (nSPS) is 16.6. The van der Waals surface area contributed by atoms with E-state index in [1.165, 1.54) is 0 Å². The zero-order valence-electron chi connectivity index (χ0n) is 19.4. The summed E-state index contributed by atoms with van der Waals surface area (Å²) in [7, 11) is 3.56. The molecule has 2 amide bonds. The highest BCUT2D eigenvalue weighted by atomic mass is 16.3. The molecule has 3 aromatic rings. The summed E-state index contributed by atoms with van der Waals surface area (Å²) in [6.45, 7) is 4.78. The van der Waals surface area contributed by atoms with E-state index in [1.54, 1.807) is 80.0 Å². The predicted octanol–water partition coefficient (Wildman–Crippen LogP) is 2.51. The van der Waals surface area contributed by atoms with Gasteiger partial charge in [0.25, 0.3) is 5.91 Å². The molecule has 9 nitrogen and oxygen atoms in total. The number of aromatic nitrogens is 3. The fourth-order valence-corrected chi connectivity index (χ4v) is 4.16. The Kier molecular flexibility index (Phi) is 6.07. The van der Waals surface area contributed by atoms with Crippen LogP contribution >= 0.6 is 0 Å². The topological polar surface area (TPSA) is 103 Å². The summed E-state index contributed by atoms with van der Waals surface area (Å²) in [5.74, 6) is 0.942. The third kappa shape index (κ3) is 4.83. The van der Waals surface area contributed by atoms with Crippen LogP contribution in [-0.4, -0.2) is 63.6 Å². The highest BCUT2D eigenvalue weighted by Crippen LogP contribution is 2.27. The summed E-state index contributed by atoms with van der Waals surface area (Å²) in [5, 5.41) is 17.4. The highest BCUT2D eigenvalue weighted by Gasteiger charge is 2.28. The van der Waals surface area contributed by atoms with Crippen LogP contribution in [0.4, 0.5) is 11.6 Å². The minimum absolute atomic E-state index is 0.0835. The van der Waals surface area contributed by atoms with Crippen molar-refractivity contribution in [3.63, 3.8) is 0 Å². The number of fused-ring (bicyclic) bond motifs is 1. The minimum Gasteiger partial charge on any atom is -0.386 e. The summed E-state index contributed by atoms with van der Waals surface area (Å²) in [5.41, 5.74) is 0.835. The quantitative estimate of drug-likeness (QED) is 0.619. The maximum atomic E-state index is 12.9. The SMILES string of the molecule is CN(C)C(=O)[C@@H]1CCCN(c2cc(NC(=O)c3ccc(C(C)(C)O)cc3)nc3ccnn23)C1. The van der Waals surface area contributed by atoms with Crippen molar-refractivity contribution in [1.29, 1.82) is 0 Å². The third-order valence-corrected chi connectivity index (χ3v) is 5.97. The first-order chi connectivity index (χ1) is 15.6. The van der Waals surface area contributed by atoms with E-state index in [9.17, 15) is 14.7 Å². The van der Waals surface area contributed by atoms with E-state index in [-0.39, 0.29) is 17.7 Å². The number of aliphatic hydroxyl groups is 1. The number of hydrogen-bond donors (Lipinski definition) is 2. The lowest BCUT2D eigenvalue weighted by Gasteiger charge is -2.34. The lowest BCUT2D eigenvalue weighted by atomic mass is 9.97. The number of nitrogens with one attached hydrogen (secondary N) is 1. The smallest absolute Gasteiger partial charge is 0.256 e. The number of piperidine rings is 1. The van der Waals surface area contributed by atoms with Gasteiger partial charge in [-0.3, -0.25) is 9.59 Å². The van der Waals surface area contributed by atoms with Gasteiger partial charge in [0, 0.05) is 44.9 Å². The average molecular weight is 451 g/mol. The molecule has 1 aromatic carbocycles. The van der Waals surface area contributed by atoms with Gasteiger partial charge in [0.2, 0.25) is 5.91 Å². The predicted molar refractivity (Wildman–Crippen MR) is 126 cm³/mol. The minimum atomic E-state index is -0.973. The van der Waals surface area contributed by atoms with Crippen molar-refractivity contribution in [2.75, 3.05) is 37.4 Å². The molecule has 174 valence electrons. The second-order valence-corrected chi connectivity index (χ2v) is 9.21. The standard InChI is InChI=1S/C24H30N6O3/c1-24(2,33)18-9-7-16(8-10-18)22(31)27-19-14-21(30-20(26-19)11-12-25-30)29-13-5-6-17(15-29)23(32)28(3)4/h7-12,14,17,33H,5-6,13,15H2,1-4H3,(H,26,27,31)/t17-/m1/s1. The Morgan fingerprint density at radius 2 is 1.91 bits per heavy atom. The first-order valence-corrected chi connectivity index (χ1v) is 11.1. The van der Waals surface area contributed by atoms with Crippen LogP contribution in [0, 0.1) is 5.92 Å². The molecule has 1 saturated heterocycles. The van der Waals surface area contributed by atoms with Crippen molar-refractivity contribution in [3.8, 4) is 0 Å². The van der Waals surface area contributed by atoms with Gasteiger partial charge in [0.15, 0.2) is 5.65 Å². The Morgan fingerprint density at radius 1 is 1.18 bits per heavy atom. The molecule has 2 aromatic heterocycles. The van der Waals surface area contributed by atoms with E-state index in [1.807, 2.05) is 0 Å². The van der Waals surface area contributed by atoms with Crippen LogP contribution in [0.25, 0.3) is 5.65 Å². The monoisotopic (exact) mass is 450 g/mol. The fourth-order valence-electron chi connectivity index (χ4n) is 4.16. The number of benzene rings is 1. The molecule has 0 bridgehead atoms. The van der Waals surface area contributed by atoms with Crippen molar-refractivity contribution in [2.45, 2.75) is 32.3 Å². The average Bonchev–Trinajstić information content (AvgIpc) is 3.26. The number of carbonyl (C=O) groups is 2. The lowest BCUT2D eigenvalue weighted by Crippen LogP contribution is -2.43. The van der Waals surface area contributed by atoms with E-state index in [2.05, 4.69) is 20.3 Å². The van der Waals surface area contributed by atoms with Gasteiger partial charge in [0.05, 0.1) is 17.7 Å². The molecule has 9 heteroatoms. The van der Waals surface area contributed by atoms with Crippen molar-refractivity contribution in [1.82, 2.24) is 19.5 Å². The molecule has 1 aliphatic heterocycles. The number of hydrogen-bond acceptors (Lipinski definition) is 6. The van der Waals surface area contributed by atoms with E-state index in [4.69, 9.17) is 0 Å². The van der Waals surface area contributed by atoms with Crippen LogP contribution < -0.4 is 10.2 Å². The fraction of sp³-hybridized carbons (Fsp3) is 0.417. The van der Waals surface area contributed by atoms with Gasteiger partial charge < -0.3 is 20.2 Å². The van der Waals surface area contributed by atoms with Gasteiger partial charge in [0.1, 0.15) is 11.6 Å². The van der Waals surface area contributed by atoms with Crippen LogP contribution in [0.15, 0.2) is 42.6 Å². The molecule has 0 saturated carbocycles. The highest BCUT2D eigenvalue weighted by molar-refractivity contribution is 6.04. The molecule has 0 aliphatic carbocycles. The van der Waals surface area contributed by atoms with E-state index in [0.29, 0.717) is 23.6 Å². The second kappa shape index (κ2) is 8.82. The molecule has 2 N–H and O–H groups in total. The van der Waals surface area contributed by atoms with Crippen LogP contribution in [0.5, 0.6) is 0 Å². The van der Waals surface area contributed by atoms with Crippen LogP contribution in [-0.2, 0) is 10.4 Å². The summed E-state index contributed by atoms with van der Waals surface area (Å²) >= 11 is 0. The van der Waals surface area contributed by atoms with Gasteiger partial charge >= 0.3 is 0 Å². The molecular weight excluding hydrogens is 420 g/mol. The molecule has 0 spiro atoms. The third-order valence-electron chi connectivity index (χ3n) is 5.97. The summed E-state index contributed by atoms with van der Waals surface area (Å²) in [4.78, 5) is 33.7. The zero-order valence-corrected chi connectivity index (χ0v) is 19.4. The number of amides is 2. The molecule has 1 fully saturated rings. The lowest BCUT2D eigenvalue weighted by molar-refractivity contribution is -0.133. The number of anilines is 2. The van der Waals surface area contributed by atoms with Gasteiger partial charge in [-0.05, 0) is 44.4 Å². The summed E-state index contributed by atoms with van der Waals surface area (Å²) < 4.78 is 1.73. The molecule has 1 aliphatic rings. The summed E-state index contributed by atoms with van der Waals surface area (Å²) in [6.07, 6.45) is 3.41. The first-order valence-electron chi connectivity index (χ1n) is 11.1. The van der Waals surface area contributed by atoms with Gasteiger partial charge in [-0.1, -0.05) is 12.1 Å². The van der Waals surface area contributed by atoms with Gasteiger partial charge in [-0.15, -0.1) is 0 Å². The van der Waals surface area contributed by atoms with Crippen LogP contribution in [0.2, 0.25) is 0 Å². The largest absolute Gasteiger partial charge is 0.386 e. The van der Waals surface area contributed by atoms with E-state index < -0.39 is 5.60 Å². The van der Waals surface area contributed by atoms with Gasteiger partial charge in [-0.25, -0.2) is 4.98 Å². The van der Waals surface area contributed by atoms with E-state index >= 15 is 0 Å². The summed E-state index contributed by atoms with van der Waals surface area (Å²) in [6, 6.07) is 10.4. The van der Waals surface area contributed by atoms with Crippen LogP contribution in [0.1, 0.15) is 42.6 Å². The number of nitrogens with zero attached hydrogens (tertiary/aromatic N) is 5. The Hall–Kier alpha value is -3.46. The van der Waals surface area contributed by atoms with E-state index in [0.717, 1.165) is 30.8 Å². The van der Waals surface area contributed by atoms with Crippen molar-refractivity contribution < 1.29 is 14.7 Å². The molecule has 0 radical (unpaired) electrons. The Morgan fingerprint density at radius 3 is 2.58 bits per heavy atom. The molecule has 33 heavy (non-hydrogen) atoms.